The first-order chi connectivity index (χ1) is 7.13. The van der Waals surface area contributed by atoms with Gasteiger partial charge >= 0.3 is 5.97 Å². The van der Waals surface area contributed by atoms with Crippen LogP contribution in [0, 0.1) is 0 Å². The lowest BCUT2D eigenvalue weighted by Crippen LogP contribution is -2.08. The average Bonchev–Trinajstić information content (AvgIpc) is 2.26. The van der Waals surface area contributed by atoms with Gasteiger partial charge in [-0.05, 0) is 0 Å². The first kappa shape index (κ1) is 11.5. The van der Waals surface area contributed by atoms with Gasteiger partial charge < -0.3 is 4.74 Å². The zero-order valence-corrected chi connectivity index (χ0v) is 8.95. The number of carbonyl (C=O) groups is 2. The van der Waals surface area contributed by atoms with Crippen LogP contribution in [0.5, 0.6) is 0 Å². The molecular weight excluding hydrogens is 191 g/mol. The van der Waals surface area contributed by atoms with E-state index in [2.05, 4.69) is 4.74 Å². The van der Waals surface area contributed by atoms with Crippen LogP contribution in [-0.4, -0.2) is 26.7 Å². The van der Waals surface area contributed by atoms with Crippen LogP contribution in [0.2, 0.25) is 0 Å². The maximum absolute atomic E-state index is 11.6. The molecule has 0 aliphatic carbocycles. The number of hydrogen-bond donors (Lipinski definition) is 0. The molecule has 0 aliphatic heterocycles. The Bertz CT molecular complexity index is 357. The number of esters is 1. The lowest BCUT2D eigenvalue weighted by molar-refractivity contribution is -0.140. The second-order valence-electron chi connectivity index (χ2n) is 3.37. The van der Waals surface area contributed by atoms with Crippen LogP contribution in [0.4, 0.5) is 0 Å². The van der Waals surface area contributed by atoms with Crippen LogP contribution in [0.3, 0.4) is 0 Å². The number of ether oxygens (including phenoxy) is 1. The highest BCUT2D eigenvalue weighted by Crippen LogP contribution is 2.04. The van der Waals surface area contributed by atoms with Crippen molar-refractivity contribution in [1.29, 1.82) is 0 Å². The molecule has 4 heteroatoms. The Morgan fingerprint density at radius 2 is 1.80 bits per heavy atom. The first-order valence-corrected chi connectivity index (χ1v) is 4.80. The van der Waals surface area contributed by atoms with E-state index in [4.69, 9.17) is 0 Å². The third kappa shape index (κ3) is 3.58. The first-order valence-electron chi connectivity index (χ1n) is 4.80. The van der Waals surface area contributed by atoms with E-state index >= 15 is 0 Å². The average molecular weight is 204 g/mol. The SMILES string of the molecule is Bc1ccc(C(=O)CCC(=O)OC)cc1. The van der Waals surface area contributed by atoms with E-state index in [-0.39, 0.29) is 24.6 Å². The molecule has 0 fully saturated rings. The summed E-state index contributed by atoms with van der Waals surface area (Å²) in [7, 11) is 3.28. The van der Waals surface area contributed by atoms with Gasteiger partial charge in [0, 0.05) is 12.0 Å². The molecule has 15 heavy (non-hydrogen) atoms. The van der Waals surface area contributed by atoms with Gasteiger partial charge in [0.2, 0.25) is 0 Å². The van der Waals surface area contributed by atoms with E-state index in [0.29, 0.717) is 5.56 Å². The maximum Gasteiger partial charge on any atom is 0.305 e. The van der Waals surface area contributed by atoms with E-state index in [0.717, 1.165) is 5.46 Å². The highest BCUT2D eigenvalue weighted by Gasteiger charge is 2.08. The second-order valence-corrected chi connectivity index (χ2v) is 3.37. The van der Waals surface area contributed by atoms with Gasteiger partial charge in [0.05, 0.1) is 13.5 Å². The predicted molar refractivity (Wildman–Crippen MR) is 60.2 cm³/mol. The van der Waals surface area contributed by atoms with Gasteiger partial charge in [0.25, 0.3) is 0 Å². The number of benzene rings is 1. The molecule has 0 heterocycles. The molecule has 0 atom stereocenters. The van der Waals surface area contributed by atoms with Crippen LogP contribution >= 0.6 is 0 Å². The third-order valence-corrected chi connectivity index (χ3v) is 2.16. The molecule has 0 radical (unpaired) electrons. The summed E-state index contributed by atoms with van der Waals surface area (Å²) in [6.07, 6.45) is 0.346. The summed E-state index contributed by atoms with van der Waals surface area (Å²) < 4.78 is 4.46. The number of Topliss-reactive ketones (excluding diaryl/α,β-unsaturated/α-hetero) is 1. The molecule has 0 aliphatic rings. The third-order valence-electron chi connectivity index (χ3n) is 2.16. The van der Waals surface area contributed by atoms with Crippen LogP contribution in [0.1, 0.15) is 23.2 Å². The van der Waals surface area contributed by atoms with Crippen LogP contribution in [0.15, 0.2) is 24.3 Å². The quantitative estimate of drug-likeness (QED) is 0.396. The van der Waals surface area contributed by atoms with Gasteiger partial charge in [0.1, 0.15) is 7.85 Å². The van der Waals surface area contributed by atoms with Gasteiger partial charge in [0.15, 0.2) is 5.78 Å². The summed E-state index contributed by atoms with van der Waals surface area (Å²) in [5.41, 5.74) is 1.75. The minimum atomic E-state index is -0.351. The van der Waals surface area contributed by atoms with Gasteiger partial charge in [-0.3, -0.25) is 9.59 Å². The van der Waals surface area contributed by atoms with E-state index in [1.54, 1.807) is 12.1 Å². The van der Waals surface area contributed by atoms with Crippen LogP contribution < -0.4 is 5.46 Å². The normalized spacial score (nSPS) is 9.67. The Morgan fingerprint density at radius 3 is 2.33 bits per heavy atom. The van der Waals surface area contributed by atoms with Crippen molar-refractivity contribution in [3.63, 3.8) is 0 Å². The Kier molecular flexibility index (Phi) is 4.09. The number of hydrogen-bond acceptors (Lipinski definition) is 3. The number of ketones is 1. The molecule has 0 saturated heterocycles. The van der Waals surface area contributed by atoms with Crippen molar-refractivity contribution >= 4 is 25.1 Å². The maximum atomic E-state index is 11.6. The smallest absolute Gasteiger partial charge is 0.305 e. The summed E-state index contributed by atoms with van der Waals surface area (Å²) in [5, 5.41) is 0. The van der Waals surface area contributed by atoms with Gasteiger partial charge in [-0.15, -0.1) is 0 Å². The van der Waals surface area contributed by atoms with Crippen molar-refractivity contribution in [2.24, 2.45) is 0 Å². The summed E-state index contributed by atoms with van der Waals surface area (Å²) in [6, 6.07) is 7.31. The molecule has 0 spiro atoms. The number of methoxy groups -OCH3 is 1. The summed E-state index contributed by atoms with van der Waals surface area (Å²) in [4.78, 5) is 22.4. The second kappa shape index (κ2) is 5.34. The van der Waals surface area contributed by atoms with Crippen molar-refractivity contribution in [2.45, 2.75) is 12.8 Å². The van der Waals surface area contributed by atoms with Gasteiger partial charge in [-0.2, -0.15) is 0 Å². The van der Waals surface area contributed by atoms with E-state index in [1.165, 1.54) is 7.11 Å². The fourth-order valence-corrected chi connectivity index (χ4v) is 1.20. The van der Waals surface area contributed by atoms with Crippen molar-refractivity contribution in [3.8, 4) is 0 Å². The monoisotopic (exact) mass is 204 g/mol. The molecule has 0 saturated carbocycles. The van der Waals surface area contributed by atoms with Crippen molar-refractivity contribution < 1.29 is 14.3 Å². The Balaban J connectivity index is 2.54. The highest BCUT2D eigenvalue weighted by atomic mass is 16.5. The molecular formula is C11H13BO3. The van der Waals surface area contributed by atoms with Crippen molar-refractivity contribution in [2.75, 3.05) is 7.11 Å². The van der Waals surface area contributed by atoms with E-state index < -0.39 is 0 Å². The lowest BCUT2D eigenvalue weighted by atomic mass is 9.94. The van der Waals surface area contributed by atoms with Crippen molar-refractivity contribution in [1.82, 2.24) is 0 Å². The highest BCUT2D eigenvalue weighted by molar-refractivity contribution is 6.32. The molecule has 1 aromatic carbocycles. The number of rotatable bonds is 4. The predicted octanol–water partition coefficient (Wildman–Crippen LogP) is 0.0809. The molecule has 1 rings (SSSR count). The van der Waals surface area contributed by atoms with Gasteiger partial charge in [-0.25, -0.2) is 0 Å². The summed E-state index contributed by atoms with van der Waals surface area (Å²) >= 11 is 0. The topological polar surface area (TPSA) is 43.4 Å². The zero-order valence-electron chi connectivity index (χ0n) is 8.95. The van der Waals surface area contributed by atoms with Crippen LogP contribution in [0.25, 0.3) is 0 Å². The largest absolute Gasteiger partial charge is 0.469 e. The van der Waals surface area contributed by atoms with Crippen molar-refractivity contribution in [3.05, 3.63) is 29.8 Å². The summed E-state index contributed by atoms with van der Waals surface area (Å²) in [6.45, 7) is 0. The fraction of sp³-hybridized carbons (Fsp3) is 0.273. The lowest BCUT2D eigenvalue weighted by Gasteiger charge is -2.00. The fourth-order valence-electron chi connectivity index (χ4n) is 1.20. The minimum Gasteiger partial charge on any atom is -0.469 e. The molecule has 0 bridgehead atoms. The van der Waals surface area contributed by atoms with Gasteiger partial charge in [-0.1, -0.05) is 29.7 Å². The minimum absolute atomic E-state index is 0.0274. The Labute approximate surface area is 89.8 Å². The molecule has 0 N–H and O–H groups in total. The Hall–Kier alpha value is -1.58. The number of carbonyl (C=O) groups excluding carboxylic acids is 2. The zero-order chi connectivity index (χ0) is 11.3. The molecule has 0 unspecified atom stereocenters. The standard InChI is InChI=1S/C11H13BO3/c1-15-11(14)7-6-10(13)8-2-4-9(12)5-3-8/h2-5H,6-7,12H2,1H3. The molecule has 78 valence electrons. The molecule has 3 nitrogen and oxygen atoms in total. The molecule has 1 aromatic rings. The molecule has 0 amide bonds. The van der Waals surface area contributed by atoms with Crippen LogP contribution in [-0.2, 0) is 9.53 Å². The van der Waals surface area contributed by atoms with E-state index in [1.807, 2.05) is 20.0 Å². The Morgan fingerprint density at radius 1 is 1.20 bits per heavy atom. The summed E-state index contributed by atoms with van der Waals surface area (Å²) in [5.74, 6) is -0.379. The molecule has 0 aromatic heterocycles. The van der Waals surface area contributed by atoms with E-state index in [9.17, 15) is 9.59 Å².